The van der Waals surface area contributed by atoms with Gasteiger partial charge in [-0.2, -0.15) is 0 Å². The van der Waals surface area contributed by atoms with Gasteiger partial charge in [0.25, 0.3) is 0 Å². The summed E-state index contributed by atoms with van der Waals surface area (Å²) >= 11 is 11.9. The number of amides is 1. The zero-order chi connectivity index (χ0) is 16.6. The molecule has 118 valence electrons. The van der Waals surface area contributed by atoms with Crippen LogP contribution in [0.25, 0.3) is 10.9 Å². The summed E-state index contributed by atoms with van der Waals surface area (Å²) in [5.41, 5.74) is 3.85. The molecule has 0 radical (unpaired) electrons. The van der Waals surface area contributed by atoms with Crippen LogP contribution in [0.3, 0.4) is 0 Å². The summed E-state index contributed by atoms with van der Waals surface area (Å²) in [6.45, 7) is 2.03. The molecule has 2 aromatic carbocycles. The van der Waals surface area contributed by atoms with Crippen molar-refractivity contribution in [2.45, 2.75) is 13.3 Å². The van der Waals surface area contributed by atoms with E-state index in [2.05, 4.69) is 16.0 Å². The number of nitrogens with one attached hydrogen (secondary N) is 1. The molecule has 3 rings (SSSR count). The van der Waals surface area contributed by atoms with Gasteiger partial charge in [0.1, 0.15) is 0 Å². The van der Waals surface area contributed by atoms with Crippen LogP contribution >= 0.6 is 23.2 Å². The monoisotopic (exact) mass is 346 g/mol. The Balaban J connectivity index is 1.87. The van der Waals surface area contributed by atoms with Gasteiger partial charge in [0.2, 0.25) is 5.91 Å². The largest absolute Gasteiger partial charge is 0.348 e. The lowest BCUT2D eigenvalue weighted by Gasteiger charge is -2.07. The molecule has 0 aliphatic carbocycles. The number of carbonyl (C=O) groups excluding carboxylic acids is 1. The topological polar surface area (TPSA) is 34.0 Å². The van der Waals surface area contributed by atoms with E-state index in [0.29, 0.717) is 22.2 Å². The molecule has 1 N–H and O–H groups in total. The number of rotatable bonds is 3. The fourth-order valence-electron chi connectivity index (χ4n) is 2.81. The van der Waals surface area contributed by atoms with Gasteiger partial charge >= 0.3 is 0 Å². The second kappa shape index (κ2) is 6.26. The van der Waals surface area contributed by atoms with Gasteiger partial charge < -0.3 is 9.88 Å². The molecule has 3 aromatic rings. The Hall–Kier alpha value is -1.97. The Labute approximate surface area is 144 Å². The first-order chi connectivity index (χ1) is 11.0. The summed E-state index contributed by atoms with van der Waals surface area (Å²) in [7, 11) is 2.01. The third kappa shape index (κ3) is 3.21. The molecule has 0 saturated carbocycles. The van der Waals surface area contributed by atoms with Gasteiger partial charge in [-0.15, -0.1) is 0 Å². The van der Waals surface area contributed by atoms with E-state index in [1.807, 2.05) is 32.2 Å². The van der Waals surface area contributed by atoms with E-state index < -0.39 is 0 Å². The molecule has 0 bridgehead atoms. The highest BCUT2D eigenvalue weighted by Gasteiger charge is 2.15. The zero-order valence-corrected chi connectivity index (χ0v) is 14.4. The Morgan fingerprint density at radius 3 is 2.48 bits per heavy atom. The summed E-state index contributed by atoms with van der Waals surface area (Å²) in [6, 6.07) is 13.1. The summed E-state index contributed by atoms with van der Waals surface area (Å²) in [5.74, 6) is -0.0946. The lowest BCUT2D eigenvalue weighted by molar-refractivity contribution is -0.115. The third-order valence-corrected chi connectivity index (χ3v) is 4.45. The van der Waals surface area contributed by atoms with Crippen molar-refractivity contribution in [3.05, 3.63) is 63.8 Å². The van der Waals surface area contributed by atoms with E-state index in [1.165, 1.54) is 0 Å². The van der Waals surface area contributed by atoms with Crippen LogP contribution in [0.15, 0.2) is 42.5 Å². The summed E-state index contributed by atoms with van der Waals surface area (Å²) < 4.78 is 2.11. The number of fused-ring (bicyclic) bond motifs is 1. The number of halogens is 2. The first kappa shape index (κ1) is 15.9. The van der Waals surface area contributed by atoms with Crippen LogP contribution in [0.2, 0.25) is 10.0 Å². The van der Waals surface area contributed by atoms with Gasteiger partial charge in [0.05, 0.1) is 6.42 Å². The number of nitrogens with zero attached hydrogens (tertiary/aromatic N) is 1. The van der Waals surface area contributed by atoms with Gasteiger partial charge in [-0.3, -0.25) is 4.79 Å². The van der Waals surface area contributed by atoms with E-state index in [9.17, 15) is 4.79 Å². The first-order valence-electron chi connectivity index (χ1n) is 7.24. The SMILES string of the molecule is Cc1c(CC(=O)Nc2cc(Cl)cc(Cl)c2)c2ccccc2n1C. The lowest BCUT2D eigenvalue weighted by Crippen LogP contribution is -2.15. The van der Waals surface area contributed by atoms with Crippen molar-refractivity contribution >= 4 is 45.7 Å². The molecule has 0 aliphatic rings. The van der Waals surface area contributed by atoms with Crippen LogP contribution in [0.4, 0.5) is 5.69 Å². The molecule has 3 nitrogen and oxygen atoms in total. The van der Waals surface area contributed by atoms with Crippen LogP contribution in [-0.4, -0.2) is 10.5 Å². The van der Waals surface area contributed by atoms with E-state index in [1.54, 1.807) is 18.2 Å². The van der Waals surface area contributed by atoms with Crippen molar-refractivity contribution < 1.29 is 4.79 Å². The molecule has 0 atom stereocenters. The number of carbonyl (C=O) groups is 1. The Morgan fingerprint density at radius 2 is 1.78 bits per heavy atom. The Kier molecular flexibility index (Phi) is 4.33. The molecular formula is C18H16Cl2N2O. The Morgan fingerprint density at radius 1 is 1.13 bits per heavy atom. The molecule has 0 unspecified atom stereocenters. The maximum atomic E-state index is 12.4. The maximum absolute atomic E-state index is 12.4. The summed E-state index contributed by atoms with van der Waals surface area (Å²) in [5, 5.41) is 4.95. The fraction of sp³-hybridized carbons (Fsp3) is 0.167. The van der Waals surface area contributed by atoms with Crippen molar-refractivity contribution in [1.82, 2.24) is 4.57 Å². The highest BCUT2D eigenvalue weighted by Crippen LogP contribution is 2.26. The summed E-state index contributed by atoms with van der Waals surface area (Å²) in [4.78, 5) is 12.4. The van der Waals surface area contributed by atoms with Crippen LogP contribution in [-0.2, 0) is 18.3 Å². The number of para-hydroxylation sites is 1. The molecule has 0 fully saturated rings. The van der Waals surface area contributed by atoms with Crippen LogP contribution in [0.1, 0.15) is 11.3 Å². The minimum atomic E-state index is -0.0946. The maximum Gasteiger partial charge on any atom is 0.228 e. The number of hydrogen-bond donors (Lipinski definition) is 1. The van der Waals surface area contributed by atoms with Crippen molar-refractivity contribution in [3.63, 3.8) is 0 Å². The predicted octanol–water partition coefficient (Wildman–Crippen LogP) is 4.97. The number of aryl methyl sites for hydroxylation is 1. The van der Waals surface area contributed by atoms with E-state index >= 15 is 0 Å². The number of benzene rings is 2. The minimum Gasteiger partial charge on any atom is -0.348 e. The van der Waals surface area contributed by atoms with Crippen molar-refractivity contribution in [2.24, 2.45) is 7.05 Å². The number of hydrogen-bond acceptors (Lipinski definition) is 1. The molecule has 0 aliphatic heterocycles. The average Bonchev–Trinajstić information content (AvgIpc) is 2.72. The van der Waals surface area contributed by atoms with Crippen LogP contribution in [0.5, 0.6) is 0 Å². The molecule has 0 saturated heterocycles. The van der Waals surface area contributed by atoms with Gasteiger partial charge in [-0.1, -0.05) is 41.4 Å². The highest BCUT2D eigenvalue weighted by atomic mass is 35.5. The van der Waals surface area contributed by atoms with Crippen molar-refractivity contribution in [2.75, 3.05) is 5.32 Å². The average molecular weight is 347 g/mol. The van der Waals surface area contributed by atoms with Crippen molar-refractivity contribution in [1.29, 1.82) is 0 Å². The van der Waals surface area contributed by atoms with Crippen LogP contribution < -0.4 is 5.32 Å². The fourth-order valence-corrected chi connectivity index (χ4v) is 3.34. The normalized spacial score (nSPS) is 11.0. The number of anilines is 1. The molecule has 0 spiro atoms. The molecule has 5 heteroatoms. The van der Waals surface area contributed by atoms with E-state index in [4.69, 9.17) is 23.2 Å². The quantitative estimate of drug-likeness (QED) is 0.713. The molecule has 1 aromatic heterocycles. The summed E-state index contributed by atoms with van der Waals surface area (Å²) in [6.07, 6.45) is 0.303. The van der Waals surface area contributed by atoms with Gasteiger partial charge in [0.15, 0.2) is 0 Å². The van der Waals surface area contributed by atoms with Gasteiger partial charge in [-0.05, 0) is 36.8 Å². The highest BCUT2D eigenvalue weighted by molar-refractivity contribution is 6.35. The smallest absolute Gasteiger partial charge is 0.228 e. The van der Waals surface area contributed by atoms with Crippen LogP contribution in [0, 0.1) is 6.92 Å². The van der Waals surface area contributed by atoms with Crippen molar-refractivity contribution in [3.8, 4) is 0 Å². The molecule has 23 heavy (non-hydrogen) atoms. The number of aromatic nitrogens is 1. The second-order valence-corrected chi connectivity index (χ2v) is 6.40. The molecular weight excluding hydrogens is 331 g/mol. The lowest BCUT2D eigenvalue weighted by atomic mass is 10.1. The second-order valence-electron chi connectivity index (χ2n) is 5.52. The van der Waals surface area contributed by atoms with E-state index in [0.717, 1.165) is 22.2 Å². The van der Waals surface area contributed by atoms with Gasteiger partial charge in [-0.25, -0.2) is 0 Å². The standard InChI is InChI=1S/C18H16Cl2N2O/c1-11-16(15-5-3-4-6-17(15)22(11)2)10-18(23)21-14-8-12(19)7-13(20)9-14/h3-9H,10H2,1-2H3,(H,21,23). The zero-order valence-electron chi connectivity index (χ0n) is 12.9. The van der Waals surface area contributed by atoms with E-state index in [-0.39, 0.29) is 5.91 Å². The van der Waals surface area contributed by atoms with Gasteiger partial charge in [0, 0.05) is 39.4 Å². The third-order valence-electron chi connectivity index (χ3n) is 4.01. The molecule has 1 amide bonds. The first-order valence-corrected chi connectivity index (χ1v) is 8.00. The molecule has 1 heterocycles. The Bertz CT molecular complexity index is 879. The predicted molar refractivity (Wildman–Crippen MR) is 96.5 cm³/mol. The minimum absolute atomic E-state index is 0.0946.